The first kappa shape index (κ1) is 17.3. The fraction of sp³-hybridized carbons (Fsp3) is 0.167. The number of hydrogen-bond acceptors (Lipinski definition) is 5. The predicted octanol–water partition coefficient (Wildman–Crippen LogP) is 1.89. The molecule has 132 valence electrons. The molecule has 2 amide bonds. The van der Waals surface area contributed by atoms with E-state index in [9.17, 15) is 9.59 Å². The summed E-state index contributed by atoms with van der Waals surface area (Å²) in [5.41, 5.74) is 2.78. The average Bonchev–Trinajstić information content (AvgIpc) is 3.17. The highest BCUT2D eigenvalue weighted by Crippen LogP contribution is 2.15. The van der Waals surface area contributed by atoms with Crippen molar-refractivity contribution < 1.29 is 9.59 Å². The van der Waals surface area contributed by atoms with E-state index in [2.05, 4.69) is 20.8 Å². The molecule has 0 saturated carbocycles. The highest BCUT2D eigenvalue weighted by molar-refractivity contribution is 6.04. The molecule has 0 radical (unpaired) electrons. The number of aromatic nitrogens is 4. The maximum Gasteiger partial charge on any atom is 0.255 e. The number of carbonyl (C=O) groups is 2. The van der Waals surface area contributed by atoms with E-state index < -0.39 is 0 Å². The lowest BCUT2D eigenvalue weighted by molar-refractivity contribution is -0.128. The van der Waals surface area contributed by atoms with E-state index in [1.165, 1.54) is 17.9 Å². The Balaban J connectivity index is 1.74. The lowest BCUT2D eigenvalue weighted by atomic mass is 10.1. The number of carbonyl (C=O) groups excluding carboxylic acids is 2. The molecule has 0 fully saturated rings. The lowest BCUT2D eigenvalue weighted by Gasteiger charge is -2.15. The lowest BCUT2D eigenvalue weighted by Crippen LogP contribution is -2.23. The summed E-state index contributed by atoms with van der Waals surface area (Å²) in [5.74, 6) is -0.254. The molecule has 1 heterocycles. The number of nitrogens with one attached hydrogen (secondary N) is 1. The van der Waals surface area contributed by atoms with Crippen molar-refractivity contribution in [1.82, 2.24) is 25.1 Å². The van der Waals surface area contributed by atoms with Crippen LogP contribution in [0.1, 0.15) is 22.8 Å². The van der Waals surface area contributed by atoms with Gasteiger partial charge >= 0.3 is 0 Å². The van der Waals surface area contributed by atoms with E-state index in [0.29, 0.717) is 23.5 Å². The van der Waals surface area contributed by atoms with Crippen molar-refractivity contribution in [2.45, 2.75) is 13.5 Å². The van der Waals surface area contributed by atoms with Gasteiger partial charge in [-0.05, 0) is 46.3 Å². The quantitative estimate of drug-likeness (QED) is 0.758. The fourth-order valence-electron chi connectivity index (χ4n) is 2.41. The SMILES string of the molecule is CC(=O)N(C)Cc1cccc(NC(=O)c2cccc(-n3cnnn3)c2)c1. The first-order valence-corrected chi connectivity index (χ1v) is 7.98. The van der Waals surface area contributed by atoms with Gasteiger partial charge in [-0.2, -0.15) is 0 Å². The zero-order valence-corrected chi connectivity index (χ0v) is 14.5. The van der Waals surface area contributed by atoms with Gasteiger partial charge in [-0.15, -0.1) is 5.10 Å². The van der Waals surface area contributed by atoms with Gasteiger partial charge in [-0.3, -0.25) is 9.59 Å². The second-order valence-corrected chi connectivity index (χ2v) is 5.83. The van der Waals surface area contributed by atoms with Gasteiger partial charge in [0.2, 0.25) is 5.91 Å². The highest BCUT2D eigenvalue weighted by Gasteiger charge is 2.09. The summed E-state index contributed by atoms with van der Waals surface area (Å²) < 4.78 is 1.48. The molecule has 26 heavy (non-hydrogen) atoms. The molecule has 0 saturated heterocycles. The minimum Gasteiger partial charge on any atom is -0.342 e. The molecular formula is C18H18N6O2. The Morgan fingerprint density at radius 3 is 2.69 bits per heavy atom. The number of anilines is 1. The molecule has 0 bridgehead atoms. The molecule has 1 aromatic heterocycles. The van der Waals surface area contributed by atoms with Gasteiger partial charge in [0.1, 0.15) is 6.33 Å². The van der Waals surface area contributed by atoms with Gasteiger partial charge in [0.15, 0.2) is 0 Å². The number of tetrazole rings is 1. The maximum atomic E-state index is 12.5. The first-order valence-electron chi connectivity index (χ1n) is 7.98. The van der Waals surface area contributed by atoms with Crippen LogP contribution < -0.4 is 5.32 Å². The third-order valence-corrected chi connectivity index (χ3v) is 3.86. The molecule has 0 spiro atoms. The Bertz CT molecular complexity index is 923. The van der Waals surface area contributed by atoms with Gasteiger partial charge in [0, 0.05) is 31.8 Å². The van der Waals surface area contributed by atoms with Crippen LogP contribution in [0.4, 0.5) is 5.69 Å². The zero-order valence-electron chi connectivity index (χ0n) is 14.5. The largest absolute Gasteiger partial charge is 0.342 e. The molecular weight excluding hydrogens is 332 g/mol. The van der Waals surface area contributed by atoms with Crippen molar-refractivity contribution in [1.29, 1.82) is 0 Å². The molecule has 3 rings (SSSR count). The Morgan fingerprint density at radius 1 is 1.15 bits per heavy atom. The van der Waals surface area contributed by atoms with Gasteiger partial charge in [-0.1, -0.05) is 18.2 Å². The Morgan fingerprint density at radius 2 is 1.96 bits per heavy atom. The average molecular weight is 350 g/mol. The molecule has 0 aliphatic rings. The van der Waals surface area contributed by atoms with Crippen molar-refractivity contribution >= 4 is 17.5 Å². The molecule has 0 aliphatic carbocycles. The third kappa shape index (κ3) is 4.10. The molecule has 0 aliphatic heterocycles. The van der Waals surface area contributed by atoms with E-state index in [0.717, 1.165) is 5.56 Å². The third-order valence-electron chi connectivity index (χ3n) is 3.86. The van der Waals surface area contributed by atoms with Crippen LogP contribution in [-0.2, 0) is 11.3 Å². The Hall–Kier alpha value is -3.55. The summed E-state index contributed by atoms with van der Waals surface area (Å²) in [6.45, 7) is 2.00. The second kappa shape index (κ2) is 7.56. The zero-order chi connectivity index (χ0) is 18.5. The number of rotatable bonds is 5. The van der Waals surface area contributed by atoms with Crippen molar-refractivity contribution in [3.05, 3.63) is 66.0 Å². The number of amides is 2. The van der Waals surface area contributed by atoms with Crippen LogP contribution in [0.2, 0.25) is 0 Å². The van der Waals surface area contributed by atoms with Crippen LogP contribution in [0, 0.1) is 0 Å². The molecule has 1 N–H and O–H groups in total. The molecule has 2 aromatic carbocycles. The van der Waals surface area contributed by atoms with E-state index >= 15 is 0 Å². The topological polar surface area (TPSA) is 93.0 Å². The van der Waals surface area contributed by atoms with Crippen molar-refractivity contribution in [2.75, 3.05) is 12.4 Å². The highest BCUT2D eigenvalue weighted by atomic mass is 16.2. The number of nitrogens with zero attached hydrogens (tertiary/aromatic N) is 5. The smallest absolute Gasteiger partial charge is 0.255 e. The molecule has 8 heteroatoms. The summed E-state index contributed by atoms with van der Waals surface area (Å²) in [6, 6.07) is 14.4. The summed E-state index contributed by atoms with van der Waals surface area (Å²) >= 11 is 0. The van der Waals surface area contributed by atoms with Crippen molar-refractivity contribution in [3.63, 3.8) is 0 Å². The standard InChI is InChI=1S/C18H18N6O2/c1-13(25)23(2)11-14-5-3-7-16(9-14)20-18(26)15-6-4-8-17(10-15)24-12-19-21-22-24/h3-10,12H,11H2,1-2H3,(H,20,26). The summed E-state index contributed by atoms with van der Waals surface area (Å²) in [6.07, 6.45) is 1.46. The Kier molecular flexibility index (Phi) is 5.02. The fourth-order valence-corrected chi connectivity index (χ4v) is 2.41. The van der Waals surface area contributed by atoms with E-state index in [-0.39, 0.29) is 11.8 Å². The normalized spacial score (nSPS) is 10.4. The molecule has 8 nitrogen and oxygen atoms in total. The monoisotopic (exact) mass is 350 g/mol. The second-order valence-electron chi connectivity index (χ2n) is 5.83. The molecule has 0 atom stereocenters. The van der Waals surface area contributed by atoms with Crippen LogP contribution in [0.15, 0.2) is 54.9 Å². The molecule has 0 unspecified atom stereocenters. The summed E-state index contributed by atoms with van der Waals surface area (Å²) in [4.78, 5) is 25.5. The van der Waals surface area contributed by atoms with Crippen molar-refractivity contribution in [2.24, 2.45) is 0 Å². The van der Waals surface area contributed by atoms with Crippen LogP contribution in [0.5, 0.6) is 0 Å². The van der Waals surface area contributed by atoms with Gasteiger partial charge in [0.05, 0.1) is 5.69 Å². The van der Waals surface area contributed by atoms with Gasteiger partial charge < -0.3 is 10.2 Å². The summed E-state index contributed by atoms with van der Waals surface area (Å²) in [5, 5.41) is 13.9. The van der Waals surface area contributed by atoms with Crippen LogP contribution in [0.25, 0.3) is 5.69 Å². The van der Waals surface area contributed by atoms with Gasteiger partial charge in [0.25, 0.3) is 5.91 Å². The Labute approximate surface area is 150 Å². The van der Waals surface area contributed by atoms with E-state index in [1.54, 1.807) is 36.2 Å². The number of benzene rings is 2. The minimum atomic E-state index is -0.239. The predicted molar refractivity (Wildman–Crippen MR) is 95.7 cm³/mol. The summed E-state index contributed by atoms with van der Waals surface area (Å²) in [7, 11) is 1.73. The van der Waals surface area contributed by atoms with Crippen molar-refractivity contribution in [3.8, 4) is 5.69 Å². The molecule has 3 aromatic rings. The van der Waals surface area contributed by atoms with Crippen LogP contribution in [-0.4, -0.2) is 44.0 Å². The maximum absolute atomic E-state index is 12.5. The minimum absolute atomic E-state index is 0.0149. The van der Waals surface area contributed by atoms with Crippen LogP contribution >= 0.6 is 0 Å². The van der Waals surface area contributed by atoms with Gasteiger partial charge in [-0.25, -0.2) is 4.68 Å². The first-order chi connectivity index (χ1) is 12.5. The number of hydrogen-bond donors (Lipinski definition) is 1. The van der Waals surface area contributed by atoms with E-state index in [4.69, 9.17) is 0 Å². The van der Waals surface area contributed by atoms with Crippen LogP contribution in [0.3, 0.4) is 0 Å². The van der Waals surface area contributed by atoms with E-state index in [1.807, 2.05) is 24.3 Å².